The molecule has 0 bridgehead atoms. The van der Waals surface area contributed by atoms with E-state index in [9.17, 15) is 4.79 Å². The Bertz CT molecular complexity index is 718. The summed E-state index contributed by atoms with van der Waals surface area (Å²) < 4.78 is 8.04. The van der Waals surface area contributed by atoms with Crippen LogP contribution in [-0.4, -0.2) is 40.4 Å². The molecule has 1 aromatic carbocycles. The number of aromatic nitrogens is 3. The maximum absolute atomic E-state index is 12.6. The molecule has 25 heavy (non-hydrogen) atoms. The maximum Gasteiger partial charge on any atom is 0.248 e. The molecule has 2 heterocycles. The second-order valence-corrected chi connectivity index (χ2v) is 6.86. The molecule has 136 valence electrons. The first-order valence-corrected chi connectivity index (χ1v) is 8.64. The van der Waals surface area contributed by atoms with Crippen LogP contribution in [0.25, 0.3) is 0 Å². The molecule has 1 fully saturated rings. The van der Waals surface area contributed by atoms with Gasteiger partial charge in [0.05, 0.1) is 12.0 Å². The van der Waals surface area contributed by atoms with Crippen LogP contribution in [0.5, 0.6) is 0 Å². The third kappa shape index (κ3) is 4.78. The largest absolute Gasteiger partial charge is 0.381 e. The number of ether oxygens (including phenoxy) is 1. The Morgan fingerprint density at radius 1 is 1.40 bits per heavy atom. The fraction of sp³-hybridized carbons (Fsp3) is 0.438. The molecule has 3 rings (SSSR count). The second kappa shape index (κ2) is 8.75. The van der Waals surface area contributed by atoms with Gasteiger partial charge in [0.15, 0.2) is 0 Å². The predicted octanol–water partition coefficient (Wildman–Crippen LogP) is 2.20. The molecule has 0 aliphatic carbocycles. The average molecular weight is 431 g/mol. The Balaban J connectivity index is 0.00000225. The van der Waals surface area contributed by atoms with Crippen molar-refractivity contribution in [3.63, 3.8) is 0 Å². The highest BCUT2D eigenvalue weighted by molar-refractivity contribution is 9.10. The Hall–Kier alpha value is -1.48. The van der Waals surface area contributed by atoms with Gasteiger partial charge in [0, 0.05) is 24.2 Å². The molecule has 0 radical (unpaired) electrons. The minimum atomic E-state index is -0.589. The van der Waals surface area contributed by atoms with Gasteiger partial charge in [-0.15, -0.1) is 17.5 Å². The number of amides is 1. The number of nitrogens with two attached hydrogens (primary N) is 1. The molecule has 1 aromatic heterocycles. The van der Waals surface area contributed by atoms with Crippen LogP contribution in [-0.2, 0) is 16.1 Å². The summed E-state index contributed by atoms with van der Waals surface area (Å²) in [5.74, 6) is 0.169. The predicted molar refractivity (Wildman–Crippen MR) is 101 cm³/mol. The van der Waals surface area contributed by atoms with Crippen molar-refractivity contribution in [2.24, 2.45) is 11.1 Å². The van der Waals surface area contributed by atoms with Crippen molar-refractivity contribution < 1.29 is 9.53 Å². The number of carbonyl (C=O) groups excluding carboxylic acids is 1. The number of anilines is 1. The average Bonchev–Trinajstić information content (AvgIpc) is 3.02. The summed E-state index contributed by atoms with van der Waals surface area (Å²) in [6.07, 6.45) is 2.85. The van der Waals surface area contributed by atoms with Crippen molar-refractivity contribution in [1.82, 2.24) is 14.8 Å². The molecular formula is C16H21BrClN5O2. The second-order valence-electron chi connectivity index (χ2n) is 5.95. The third-order valence-corrected chi connectivity index (χ3v) is 4.81. The van der Waals surface area contributed by atoms with Crippen LogP contribution in [0.2, 0.25) is 0 Å². The lowest BCUT2D eigenvalue weighted by Crippen LogP contribution is -2.46. The van der Waals surface area contributed by atoms with Gasteiger partial charge in [-0.2, -0.15) is 0 Å². The van der Waals surface area contributed by atoms with Crippen LogP contribution in [0.15, 0.2) is 35.1 Å². The van der Waals surface area contributed by atoms with Gasteiger partial charge in [-0.3, -0.25) is 10.1 Å². The summed E-state index contributed by atoms with van der Waals surface area (Å²) in [5, 5.41) is 7.12. The Kier molecular flexibility index (Phi) is 6.95. The van der Waals surface area contributed by atoms with Gasteiger partial charge >= 0.3 is 0 Å². The number of benzene rings is 1. The first-order chi connectivity index (χ1) is 11.6. The van der Waals surface area contributed by atoms with Crippen LogP contribution < -0.4 is 11.1 Å². The van der Waals surface area contributed by atoms with E-state index in [1.54, 1.807) is 11.0 Å². The third-order valence-electron chi connectivity index (χ3n) is 4.32. The normalized spacial score (nSPS) is 16.1. The quantitative estimate of drug-likeness (QED) is 0.758. The highest BCUT2D eigenvalue weighted by atomic mass is 79.9. The van der Waals surface area contributed by atoms with Crippen molar-refractivity contribution in [2.75, 3.05) is 25.1 Å². The van der Waals surface area contributed by atoms with Gasteiger partial charge in [-0.1, -0.05) is 28.1 Å². The number of nitrogens with zero attached hydrogens (tertiary/aromatic N) is 3. The molecule has 1 aliphatic rings. The van der Waals surface area contributed by atoms with Crippen molar-refractivity contribution in [3.8, 4) is 0 Å². The number of hydrogen-bond donors (Lipinski definition) is 2. The van der Waals surface area contributed by atoms with Crippen molar-refractivity contribution in [1.29, 1.82) is 0 Å². The van der Waals surface area contributed by atoms with E-state index in [-0.39, 0.29) is 18.3 Å². The lowest BCUT2D eigenvalue weighted by molar-refractivity contribution is -0.130. The highest BCUT2D eigenvalue weighted by Crippen LogP contribution is 2.30. The van der Waals surface area contributed by atoms with E-state index >= 15 is 0 Å². The van der Waals surface area contributed by atoms with E-state index in [4.69, 9.17) is 10.5 Å². The lowest BCUT2D eigenvalue weighted by atomic mass is 9.79. The van der Waals surface area contributed by atoms with Gasteiger partial charge in [-0.05, 0) is 30.5 Å². The number of nitrogens with one attached hydrogen (secondary N) is 1. The van der Waals surface area contributed by atoms with Crippen LogP contribution in [0, 0.1) is 5.41 Å². The van der Waals surface area contributed by atoms with Crippen molar-refractivity contribution >= 4 is 40.2 Å². The molecule has 1 aliphatic heterocycles. The van der Waals surface area contributed by atoms with Gasteiger partial charge in [0.25, 0.3) is 0 Å². The Morgan fingerprint density at radius 2 is 2.16 bits per heavy atom. The highest BCUT2D eigenvalue weighted by Gasteiger charge is 2.39. The van der Waals surface area contributed by atoms with E-state index in [1.165, 1.54) is 0 Å². The van der Waals surface area contributed by atoms with Crippen LogP contribution in [0.4, 0.5) is 5.95 Å². The zero-order valence-electron chi connectivity index (χ0n) is 13.7. The number of hydrogen-bond acceptors (Lipinski definition) is 5. The molecule has 2 aromatic rings. The first-order valence-electron chi connectivity index (χ1n) is 7.84. The van der Waals surface area contributed by atoms with Crippen LogP contribution in [0.1, 0.15) is 18.4 Å². The van der Waals surface area contributed by atoms with E-state index in [2.05, 4.69) is 31.3 Å². The van der Waals surface area contributed by atoms with Gasteiger partial charge in [0.1, 0.15) is 6.33 Å². The molecule has 0 atom stereocenters. The molecule has 9 heteroatoms. The van der Waals surface area contributed by atoms with Gasteiger partial charge < -0.3 is 10.5 Å². The number of rotatable bonds is 5. The summed E-state index contributed by atoms with van der Waals surface area (Å²) in [6.45, 7) is 1.98. The monoisotopic (exact) mass is 429 g/mol. The lowest BCUT2D eigenvalue weighted by Gasteiger charge is -2.33. The smallest absolute Gasteiger partial charge is 0.248 e. The Labute approximate surface area is 160 Å². The summed E-state index contributed by atoms with van der Waals surface area (Å²) >= 11 is 3.45. The molecule has 7 nitrogen and oxygen atoms in total. The summed E-state index contributed by atoms with van der Waals surface area (Å²) in [6, 6.07) is 7.97. The van der Waals surface area contributed by atoms with Crippen molar-refractivity contribution in [2.45, 2.75) is 19.4 Å². The molecule has 0 saturated carbocycles. The zero-order chi connectivity index (χ0) is 17.0. The van der Waals surface area contributed by atoms with E-state index in [0.29, 0.717) is 45.1 Å². The fourth-order valence-corrected chi connectivity index (χ4v) is 3.22. The van der Waals surface area contributed by atoms with Crippen molar-refractivity contribution in [3.05, 3.63) is 40.6 Å². The SMILES string of the molecule is Cl.NCC1(C(=O)Nc2ncn(Cc3cccc(Br)c3)n2)CCOCC1. The van der Waals surface area contributed by atoms with E-state index < -0.39 is 5.41 Å². The van der Waals surface area contributed by atoms with Gasteiger partial charge in [0.2, 0.25) is 11.9 Å². The molecule has 1 saturated heterocycles. The fourth-order valence-electron chi connectivity index (χ4n) is 2.77. The maximum atomic E-state index is 12.6. The molecule has 0 unspecified atom stereocenters. The molecule has 1 amide bonds. The van der Waals surface area contributed by atoms with E-state index in [0.717, 1.165) is 10.0 Å². The number of carbonyl (C=O) groups is 1. The molecule has 3 N–H and O–H groups in total. The topological polar surface area (TPSA) is 95.1 Å². The minimum absolute atomic E-state index is 0. The first kappa shape index (κ1) is 19.8. The van der Waals surface area contributed by atoms with Crippen LogP contribution in [0.3, 0.4) is 0 Å². The summed E-state index contributed by atoms with van der Waals surface area (Å²) in [7, 11) is 0. The Morgan fingerprint density at radius 3 is 2.84 bits per heavy atom. The zero-order valence-corrected chi connectivity index (χ0v) is 16.1. The van der Waals surface area contributed by atoms with E-state index in [1.807, 2.05) is 24.3 Å². The molecule has 0 spiro atoms. The molecular weight excluding hydrogens is 410 g/mol. The van der Waals surface area contributed by atoms with Gasteiger partial charge in [-0.25, -0.2) is 9.67 Å². The summed E-state index contributed by atoms with van der Waals surface area (Å²) in [4.78, 5) is 16.8. The minimum Gasteiger partial charge on any atom is -0.381 e. The van der Waals surface area contributed by atoms with Crippen LogP contribution >= 0.6 is 28.3 Å². The standard InChI is InChI=1S/C16H20BrN5O2.ClH/c17-13-3-1-2-12(8-13)9-22-11-19-15(21-22)20-14(23)16(10-18)4-6-24-7-5-16;/h1-3,8,11H,4-7,9-10,18H2,(H,20,21,23);1H. The summed E-state index contributed by atoms with van der Waals surface area (Å²) in [5.41, 5.74) is 6.35. The number of halogens is 2.